The molecule has 0 radical (unpaired) electrons. The second-order valence-corrected chi connectivity index (χ2v) is 7.16. The molecule has 0 fully saturated rings. The standard InChI is InChI=1S/C22H26N2O/c1-16-10-12-17(13-11-16)23-14-18(25)15-24-21-8-4-2-6-19(21)20-7-3-5-9-22(20)24/h2,4,6,8,10-13,18,23,25H,3,5,7,9,14-15H2,1H3/t18-/m1/s1. The average Bonchev–Trinajstić information content (AvgIpc) is 2.96. The molecule has 25 heavy (non-hydrogen) atoms. The minimum Gasteiger partial charge on any atom is -0.389 e. The van der Waals surface area contributed by atoms with Crippen molar-refractivity contribution in [2.75, 3.05) is 11.9 Å². The molecule has 2 N–H and O–H groups in total. The summed E-state index contributed by atoms with van der Waals surface area (Å²) in [6.45, 7) is 3.29. The van der Waals surface area contributed by atoms with Gasteiger partial charge in [0.25, 0.3) is 0 Å². The van der Waals surface area contributed by atoms with Crippen molar-refractivity contribution in [2.45, 2.75) is 45.3 Å². The highest BCUT2D eigenvalue weighted by molar-refractivity contribution is 5.85. The van der Waals surface area contributed by atoms with E-state index in [0.29, 0.717) is 13.1 Å². The Hall–Kier alpha value is -2.26. The van der Waals surface area contributed by atoms with Crippen LogP contribution in [0.1, 0.15) is 29.7 Å². The first-order valence-electron chi connectivity index (χ1n) is 9.30. The Balaban J connectivity index is 1.53. The largest absolute Gasteiger partial charge is 0.389 e. The van der Waals surface area contributed by atoms with Gasteiger partial charge in [0.05, 0.1) is 12.6 Å². The lowest BCUT2D eigenvalue weighted by molar-refractivity contribution is 0.167. The lowest BCUT2D eigenvalue weighted by Crippen LogP contribution is -2.26. The number of anilines is 1. The average molecular weight is 334 g/mol. The van der Waals surface area contributed by atoms with E-state index >= 15 is 0 Å². The molecule has 0 unspecified atom stereocenters. The molecule has 2 aromatic carbocycles. The van der Waals surface area contributed by atoms with Gasteiger partial charge in [0.2, 0.25) is 0 Å². The van der Waals surface area contributed by atoms with Crippen LogP contribution in [0.15, 0.2) is 48.5 Å². The molecule has 3 heteroatoms. The minimum atomic E-state index is -0.414. The third-order valence-corrected chi connectivity index (χ3v) is 5.27. The van der Waals surface area contributed by atoms with Crippen molar-refractivity contribution in [3.63, 3.8) is 0 Å². The molecule has 1 aliphatic carbocycles. The first-order chi connectivity index (χ1) is 12.2. The van der Waals surface area contributed by atoms with Crippen LogP contribution in [-0.2, 0) is 19.4 Å². The number of para-hydroxylation sites is 1. The highest BCUT2D eigenvalue weighted by Gasteiger charge is 2.20. The summed E-state index contributed by atoms with van der Waals surface area (Å²) in [4.78, 5) is 0. The topological polar surface area (TPSA) is 37.2 Å². The second kappa shape index (κ2) is 6.93. The van der Waals surface area contributed by atoms with Gasteiger partial charge in [-0.2, -0.15) is 0 Å². The minimum absolute atomic E-state index is 0.414. The molecule has 1 aliphatic rings. The maximum atomic E-state index is 10.6. The predicted molar refractivity (Wildman–Crippen MR) is 104 cm³/mol. The number of aromatic nitrogens is 1. The SMILES string of the molecule is Cc1ccc(NC[C@@H](O)Cn2c3c(c4ccccc42)CCCC3)cc1. The van der Waals surface area contributed by atoms with Crippen LogP contribution in [0.3, 0.4) is 0 Å². The zero-order valence-corrected chi connectivity index (χ0v) is 14.8. The normalized spacial score (nSPS) is 15.1. The van der Waals surface area contributed by atoms with Gasteiger partial charge in [0, 0.05) is 28.8 Å². The fourth-order valence-corrected chi connectivity index (χ4v) is 3.98. The third kappa shape index (κ3) is 3.29. The van der Waals surface area contributed by atoms with Crippen LogP contribution in [0.4, 0.5) is 5.69 Å². The Kier molecular flexibility index (Phi) is 4.50. The molecule has 0 spiro atoms. The number of benzene rings is 2. The quantitative estimate of drug-likeness (QED) is 0.730. The van der Waals surface area contributed by atoms with E-state index in [1.54, 1.807) is 0 Å². The van der Waals surface area contributed by atoms with Crippen LogP contribution in [-0.4, -0.2) is 22.3 Å². The summed E-state index contributed by atoms with van der Waals surface area (Å²) >= 11 is 0. The van der Waals surface area contributed by atoms with E-state index in [-0.39, 0.29) is 0 Å². The summed E-state index contributed by atoms with van der Waals surface area (Å²) in [6.07, 6.45) is 4.41. The number of rotatable bonds is 5. The molecular formula is C22H26N2O. The van der Waals surface area contributed by atoms with E-state index in [2.05, 4.69) is 65.3 Å². The Morgan fingerprint density at radius 3 is 2.64 bits per heavy atom. The highest BCUT2D eigenvalue weighted by Crippen LogP contribution is 2.32. The number of hydrogen-bond donors (Lipinski definition) is 2. The van der Waals surface area contributed by atoms with Crippen molar-refractivity contribution in [3.8, 4) is 0 Å². The first kappa shape index (κ1) is 16.2. The van der Waals surface area contributed by atoms with Gasteiger partial charge in [0.15, 0.2) is 0 Å². The van der Waals surface area contributed by atoms with Gasteiger partial charge < -0.3 is 15.0 Å². The molecule has 3 aromatic rings. The zero-order valence-electron chi connectivity index (χ0n) is 14.8. The summed E-state index contributed by atoms with van der Waals surface area (Å²) in [5, 5.41) is 15.3. The summed E-state index contributed by atoms with van der Waals surface area (Å²) in [5.41, 5.74) is 6.51. The van der Waals surface area contributed by atoms with Crippen molar-refractivity contribution < 1.29 is 5.11 Å². The first-order valence-corrected chi connectivity index (χ1v) is 9.30. The number of aryl methyl sites for hydroxylation is 2. The lowest BCUT2D eigenvalue weighted by atomic mass is 9.95. The van der Waals surface area contributed by atoms with Crippen LogP contribution in [0, 0.1) is 6.92 Å². The van der Waals surface area contributed by atoms with Crippen molar-refractivity contribution in [1.82, 2.24) is 4.57 Å². The van der Waals surface area contributed by atoms with E-state index in [4.69, 9.17) is 0 Å². The van der Waals surface area contributed by atoms with Gasteiger partial charge in [-0.25, -0.2) is 0 Å². The van der Waals surface area contributed by atoms with E-state index in [9.17, 15) is 5.11 Å². The Morgan fingerprint density at radius 2 is 1.80 bits per heavy atom. The molecule has 1 atom stereocenters. The highest BCUT2D eigenvalue weighted by atomic mass is 16.3. The smallest absolute Gasteiger partial charge is 0.0891 e. The van der Waals surface area contributed by atoms with Crippen molar-refractivity contribution in [1.29, 1.82) is 0 Å². The van der Waals surface area contributed by atoms with E-state index in [1.165, 1.54) is 47.0 Å². The number of nitrogens with one attached hydrogen (secondary N) is 1. The summed E-state index contributed by atoms with van der Waals surface area (Å²) < 4.78 is 2.35. The number of fused-ring (bicyclic) bond motifs is 3. The van der Waals surface area contributed by atoms with E-state index in [0.717, 1.165) is 12.1 Å². The summed E-state index contributed by atoms with van der Waals surface area (Å²) in [6, 6.07) is 16.9. The van der Waals surface area contributed by atoms with Crippen LogP contribution in [0.2, 0.25) is 0 Å². The van der Waals surface area contributed by atoms with Crippen LogP contribution >= 0.6 is 0 Å². The van der Waals surface area contributed by atoms with Gasteiger partial charge in [-0.05, 0) is 56.4 Å². The molecule has 1 heterocycles. The van der Waals surface area contributed by atoms with Gasteiger partial charge in [-0.1, -0.05) is 35.9 Å². The molecule has 0 saturated carbocycles. The molecule has 4 rings (SSSR count). The molecule has 0 aliphatic heterocycles. The zero-order chi connectivity index (χ0) is 17.2. The Labute approximate surface area is 149 Å². The fraction of sp³-hybridized carbons (Fsp3) is 0.364. The predicted octanol–water partition coefficient (Wildman–Crippen LogP) is 4.30. The Bertz CT molecular complexity index is 864. The monoisotopic (exact) mass is 334 g/mol. The van der Waals surface area contributed by atoms with Crippen molar-refractivity contribution in [3.05, 3.63) is 65.4 Å². The van der Waals surface area contributed by atoms with Gasteiger partial charge in [0.1, 0.15) is 0 Å². The number of nitrogens with zero attached hydrogens (tertiary/aromatic N) is 1. The fourth-order valence-electron chi connectivity index (χ4n) is 3.98. The molecule has 1 aromatic heterocycles. The number of aliphatic hydroxyl groups is 1. The molecule has 0 bridgehead atoms. The molecule has 130 valence electrons. The van der Waals surface area contributed by atoms with Crippen LogP contribution < -0.4 is 5.32 Å². The second-order valence-electron chi connectivity index (χ2n) is 7.16. The van der Waals surface area contributed by atoms with Gasteiger partial charge in [-0.15, -0.1) is 0 Å². The molecular weight excluding hydrogens is 308 g/mol. The van der Waals surface area contributed by atoms with Gasteiger partial charge in [-0.3, -0.25) is 0 Å². The maximum Gasteiger partial charge on any atom is 0.0891 e. The Morgan fingerprint density at radius 1 is 1.04 bits per heavy atom. The third-order valence-electron chi connectivity index (χ3n) is 5.27. The van der Waals surface area contributed by atoms with Gasteiger partial charge >= 0.3 is 0 Å². The van der Waals surface area contributed by atoms with E-state index in [1.807, 2.05) is 0 Å². The molecule has 0 saturated heterocycles. The van der Waals surface area contributed by atoms with Crippen molar-refractivity contribution in [2.24, 2.45) is 0 Å². The van der Waals surface area contributed by atoms with Crippen LogP contribution in [0.25, 0.3) is 10.9 Å². The lowest BCUT2D eigenvalue weighted by Gasteiger charge is -2.19. The molecule has 0 amide bonds. The molecule has 3 nitrogen and oxygen atoms in total. The maximum absolute atomic E-state index is 10.6. The van der Waals surface area contributed by atoms with Crippen molar-refractivity contribution >= 4 is 16.6 Å². The number of hydrogen-bond acceptors (Lipinski definition) is 2. The number of aliphatic hydroxyl groups excluding tert-OH is 1. The summed E-state index contributed by atoms with van der Waals surface area (Å²) in [7, 11) is 0. The summed E-state index contributed by atoms with van der Waals surface area (Å²) in [5.74, 6) is 0. The van der Waals surface area contributed by atoms with E-state index < -0.39 is 6.10 Å². The van der Waals surface area contributed by atoms with Crippen LogP contribution in [0.5, 0.6) is 0 Å².